The SMILES string of the molecule is CC(C)(C)c1ccc(S(=O)(=O)CCNC(=O)[C@@H]2CCNC2)cc1. The molecular formula is C17H26N2O3S. The summed E-state index contributed by atoms with van der Waals surface area (Å²) in [5.74, 6) is -0.176. The van der Waals surface area contributed by atoms with Gasteiger partial charge in [0.2, 0.25) is 5.91 Å². The van der Waals surface area contributed by atoms with Crippen molar-refractivity contribution in [3.63, 3.8) is 0 Å². The van der Waals surface area contributed by atoms with Crippen molar-refractivity contribution >= 4 is 15.7 Å². The molecule has 5 nitrogen and oxygen atoms in total. The summed E-state index contributed by atoms with van der Waals surface area (Å²) in [6.45, 7) is 7.93. The number of sulfone groups is 1. The molecule has 0 bridgehead atoms. The van der Waals surface area contributed by atoms with Gasteiger partial charge in [-0.25, -0.2) is 8.42 Å². The number of benzene rings is 1. The third kappa shape index (κ3) is 4.78. The average molecular weight is 338 g/mol. The smallest absolute Gasteiger partial charge is 0.224 e. The van der Waals surface area contributed by atoms with Gasteiger partial charge in [-0.15, -0.1) is 0 Å². The van der Waals surface area contributed by atoms with Crippen molar-refractivity contribution in [1.82, 2.24) is 10.6 Å². The fourth-order valence-electron chi connectivity index (χ4n) is 2.61. The van der Waals surface area contributed by atoms with Crippen molar-refractivity contribution in [3.05, 3.63) is 29.8 Å². The molecule has 1 saturated heterocycles. The van der Waals surface area contributed by atoms with Crippen molar-refractivity contribution in [2.75, 3.05) is 25.4 Å². The van der Waals surface area contributed by atoms with Gasteiger partial charge in [0, 0.05) is 13.1 Å². The van der Waals surface area contributed by atoms with Crippen molar-refractivity contribution in [1.29, 1.82) is 0 Å². The maximum absolute atomic E-state index is 12.3. The number of hydrogen-bond acceptors (Lipinski definition) is 4. The Morgan fingerprint density at radius 2 is 1.91 bits per heavy atom. The van der Waals surface area contributed by atoms with E-state index in [1.165, 1.54) is 0 Å². The molecule has 0 aromatic heterocycles. The lowest BCUT2D eigenvalue weighted by Gasteiger charge is -2.19. The number of rotatable bonds is 5. The predicted octanol–water partition coefficient (Wildman–Crippen LogP) is 1.48. The largest absolute Gasteiger partial charge is 0.355 e. The van der Waals surface area contributed by atoms with Crippen LogP contribution in [0.2, 0.25) is 0 Å². The molecule has 0 aliphatic carbocycles. The van der Waals surface area contributed by atoms with E-state index in [0.29, 0.717) is 11.4 Å². The van der Waals surface area contributed by atoms with Crippen LogP contribution in [0.1, 0.15) is 32.8 Å². The van der Waals surface area contributed by atoms with Gasteiger partial charge >= 0.3 is 0 Å². The van der Waals surface area contributed by atoms with Gasteiger partial charge in [0.05, 0.1) is 16.6 Å². The standard InChI is InChI=1S/C17H26N2O3S/c1-17(2,3)14-4-6-15(7-5-14)23(21,22)11-10-19-16(20)13-8-9-18-12-13/h4-7,13,18H,8-12H2,1-3H3,(H,19,20)/t13-/m1/s1. The molecule has 0 radical (unpaired) electrons. The molecule has 0 unspecified atom stereocenters. The first-order valence-corrected chi connectivity index (χ1v) is 9.67. The topological polar surface area (TPSA) is 75.3 Å². The van der Waals surface area contributed by atoms with Crippen molar-refractivity contribution in [2.45, 2.75) is 37.5 Å². The Kier molecular flexibility index (Phi) is 5.47. The minimum atomic E-state index is -3.37. The summed E-state index contributed by atoms with van der Waals surface area (Å²) in [6, 6.07) is 7.02. The summed E-state index contributed by atoms with van der Waals surface area (Å²) in [7, 11) is -3.37. The highest BCUT2D eigenvalue weighted by atomic mass is 32.2. The first kappa shape index (κ1) is 17.9. The van der Waals surface area contributed by atoms with Gasteiger partial charge in [-0.05, 0) is 36.1 Å². The van der Waals surface area contributed by atoms with Crippen molar-refractivity contribution in [2.24, 2.45) is 5.92 Å². The summed E-state index contributed by atoms with van der Waals surface area (Å²) in [5, 5.41) is 5.85. The third-order valence-electron chi connectivity index (χ3n) is 4.18. The molecule has 1 fully saturated rings. The lowest BCUT2D eigenvalue weighted by Crippen LogP contribution is -2.35. The fourth-order valence-corrected chi connectivity index (χ4v) is 3.77. The van der Waals surface area contributed by atoms with Gasteiger partial charge in [-0.2, -0.15) is 0 Å². The van der Waals surface area contributed by atoms with Gasteiger partial charge < -0.3 is 10.6 Å². The summed E-state index contributed by atoms with van der Waals surface area (Å²) in [5.41, 5.74) is 1.09. The van der Waals surface area contributed by atoms with Gasteiger partial charge in [0.25, 0.3) is 0 Å². The van der Waals surface area contributed by atoms with E-state index >= 15 is 0 Å². The number of carbonyl (C=O) groups excluding carboxylic acids is 1. The first-order chi connectivity index (χ1) is 10.7. The van der Waals surface area contributed by atoms with E-state index in [-0.39, 0.29) is 29.5 Å². The van der Waals surface area contributed by atoms with Crippen LogP contribution in [-0.2, 0) is 20.0 Å². The molecular weight excluding hydrogens is 312 g/mol. The molecule has 1 aromatic rings. The molecule has 0 saturated carbocycles. The van der Waals surface area contributed by atoms with E-state index in [1.807, 2.05) is 12.1 Å². The lowest BCUT2D eigenvalue weighted by atomic mass is 9.87. The van der Waals surface area contributed by atoms with Crippen molar-refractivity contribution < 1.29 is 13.2 Å². The molecule has 1 aliphatic rings. The molecule has 1 aromatic carbocycles. The number of nitrogens with one attached hydrogen (secondary N) is 2. The van der Waals surface area contributed by atoms with Crippen molar-refractivity contribution in [3.8, 4) is 0 Å². The number of hydrogen-bond donors (Lipinski definition) is 2. The summed E-state index contributed by atoms with van der Waals surface area (Å²) in [4.78, 5) is 12.2. The molecule has 2 N–H and O–H groups in total. The highest BCUT2D eigenvalue weighted by molar-refractivity contribution is 7.91. The minimum absolute atomic E-state index is 0.00835. The van der Waals surface area contributed by atoms with Crippen LogP contribution in [0.4, 0.5) is 0 Å². The fraction of sp³-hybridized carbons (Fsp3) is 0.588. The van der Waals surface area contributed by atoms with E-state index in [9.17, 15) is 13.2 Å². The van der Waals surface area contributed by atoms with Gasteiger partial charge in [-0.1, -0.05) is 32.9 Å². The van der Waals surface area contributed by atoms with Crippen LogP contribution in [0.25, 0.3) is 0 Å². The summed E-state index contributed by atoms with van der Waals surface area (Å²) < 4.78 is 24.7. The van der Waals surface area contributed by atoms with Crippen LogP contribution in [0.3, 0.4) is 0 Å². The molecule has 1 heterocycles. The van der Waals surface area contributed by atoms with Crippen LogP contribution in [0.5, 0.6) is 0 Å². The van der Waals surface area contributed by atoms with E-state index in [1.54, 1.807) is 12.1 Å². The Morgan fingerprint density at radius 3 is 2.43 bits per heavy atom. The molecule has 1 atom stereocenters. The van der Waals surface area contributed by atoms with E-state index in [2.05, 4.69) is 31.4 Å². The zero-order chi connectivity index (χ0) is 17.1. The second-order valence-electron chi connectivity index (χ2n) is 7.07. The van der Waals surface area contributed by atoms with Gasteiger partial charge in [-0.3, -0.25) is 4.79 Å². The minimum Gasteiger partial charge on any atom is -0.355 e. The van der Waals surface area contributed by atoms with Gasteiger partial charge in [0.1, 0.15) is 0 Å². The monoisotopic (exact) mass is 338 g/mol. The van der Waals surface area contributed by atoms with Gasteiger partial charge in [0.15, 0.2) is 9.84 Å². The molecule has 128 valence electrons. The maximum Gasteiger partial charge on any atom is 0.224 e. The maximum atomic E-state index is 12.3. The van der Waals surface area contributed by atoms with Crippen LogP contribution >= 0.6 is 0 Å². The molecule has 0 spiro atoms. The molecule has 1 amide bonds. The lowest BCUT2D eigenvalue weighted by molar-refractivity contribution is -0.124. The zero-order valence-electron chi connectivity index (χ0n) is 14.1. The predicted molar refractivity (Wildman–Crippen MR) is 91.2 cm³/mol. The van der Waals surface area contributed by atoms with Crippen LogP contribution in [0.15, 0.2) is 29.2 Å². The van der Waals surface area contributed by atoms with E-state index < -0.39 is 9.84 Å². The second kappa shape index (κ2) is 7.01. The third-order valence-corrected chi connectivity index (χ3v) is 5.91. The van der Waals surface area contributed by atoms with Crippen LogP contribution in [-0.4, -0.2) is 39.7 Å². The second-order valence-corrected chi connectivity index (χ2v) is 9.18. The zero-order valence-corrected chi connectivity index (χ0v) is 14.9. The molecule has 23 heavy (non-hydrogen) atoms. The highest BCUT2D eigenvalue weighted by Crippen LogP contribution is 2.23. The Labute approximate surface area is 138 Å². The number of amides is 1. The first-order valence-electron chi connectivity index (χ1n) is 8.02. The Hall–Kier alpha value is -1.40. The Bertz CT molecular complexity index is 639. The normalized spacial score (nSPS) is 18.8. The van der Waals surface area contributed by atoms with Crippen LogP contribution in [0, 0.1) is 5.92 Å². The Balaban J connectivity index is 1.92. The average Bonchev–Trinajstić information content (AvgIpc) is 3.00. The van der Waals surface area contributed by atoms with E-state index in [4.69, 9.17) is 0 Å². The quantitative estimate of drug-likeness (QED) is 0.853. The molecule has 6 heteroatoms. The van der Waals surface area contributed by atoms with Crippen LogP contribution < -0.4 is 10.6 Å². The summed E-state index contributed by atoms with van der Waals surface area (Å²) >= 11 is 0. The Morgan fingerprint density at radius 1 is 1.26 bits per heavy atom. The highest BCUT2D eigenvalue weighted by Gasteiger charge is 2.23. The number of carbonyl (C=O) groups is 1. The molecule has 1 aliphatic heterocycles. The van der Waals surface area contributed by atoms with E-state index in [0.717, 1.165) is 18.5 Å². The summed E-state index contributed by atoms with van der Waals surface area (Å²) in [6.07, 6.45) is 0.812. The molecule has 2 rings (SSSR count).